The second-order valence-corrected chi connectivity index (χ2v) is 5.54. The molecule has 0 aliphatic rings. The second kappa shape index (κ2) is 8.44. The standard InChI is InChI=1S/C17H15NOS.C2H6/c1-2-20-17-18-15(13-9-5-3-6-10-13)16(19-17)14-11-7-4-8-12-14;1-2/h3-12H,2H2,1H3;1-2H3. The van der Waals surface area contributed by atoms with Gasteiger partial charge in [0.1, 0.15) is 5.69 Å². The van der Waals surface area contributed by atoms with Crippen molar-refractivity contribution in [1.29, 1.82) is 0 Å². The first-order valence-electron chi connectivity index (χ1n) is 7.63. The Morgan fingerprint density at radius 3 is 1.95 bits per heavy atom. The molecule has 3 heteroatoms. The van der Waals surface area contributed by atoms with Gasteiger partial charge in [-0.25, -0.2) is 4.98 Å². The normalized spacial score (nSPS) is 9.95. The van der Waals surface area contributed by atoms with Gasteiger partial charge in [-0.2, -0.15) is 0 Å². The first-order chi connectivity index (χ1) is 10.9. The Hall–Kier alpha value is -2.00. The molecule has 2 nitrogen and oxygen atoms in total. The Morgan fingerprint density at radius 2 is 1.41 bits per heavy atom. The molecule has 0 saturated carbocycles. The first kappa shape index (κ1) is 16.4. The third kappa shape index (κ3) is 3.80. The van der Waals surface area contributed by atoms with Crippen LogP contribution in [0.2, 0.25) is 0 Å². The van der Waals surface area contributed by atoms with Crippen molar-refractivity contribution in [2.45, 2.75) is 26.0 Å². The minimum atomic E-state index is 0.727. The molecule has 0 bridgehead atoms. The van der Waals surface area contributed by atoms with Crippen LogP contribution in [0, 0.1) is 0 Å². The van der Waals surface area contributed by atoms with Crippen LogP contribution in [0.4, 0.5) is 0 Å². The van der Waals surface area contributed by atoms with Crippen LogP contribution < -0.4 is 0 Å². The van der Waals surface area contributed by atoms with Crippen LogP contribution in [0.3, 0.4) is 0 Å². The number of oxazole rings is 1. The largest absolute Gasteiger partial charge is 0.431 e. The summed E-state index contributed by atoms with van der Waals surface area (Å²) in [5.41, 5.74) is 3.05. The Kier molecular flexibility index (Phi) is 6.28. The van der Waals surface area contributed by atoms with E-state index in [1.165, 1.54) is 0 Å². The fourth-order valence-electron chi connectivity index (χ4n) is 2.06. The van der Waals surface area contributed by atoms with Crippen LogP contribution in [0.5, 0.6) is 0 Å². The van der Waals surface area contributed by atoms with E-state index in [2.05, 4.69) is 24.0 Å². The van der Waals surface area contributed by atoms with Crippen molar-refractivity contribution < 1.29 is 4.42 Å². The molecule has 0 unspecified atom stereocenters. The summed E-state index contributed by atoms with van der Waals surface area (Å²) in [7, 11) is 0. The summed E-state index contributed by atoms with van der Waals surface area (Å²) in [6.07, 6.45) is 0. The number of nitrogens with zero attached hydrogens (tertiary/aromatic N) is 1. The molecule has 0 aliphatic heterocycles. The number of hydrogen-bond donors (Lipinski definition) is 0. The Morgan fingerprint density at radius 1 is 0.864 bits per heavy atom. The van der Waals surface area contributed by atoms with Gasteiger partial charge < -0.3 is 4.42 Å². The molecule has 0 atom stereocenters. The monoisotopic (exact) mass is 311 g/mol. The molecule has 0 N–H and O–H groups in total. The predicted molar refractivity (Wildman–Crippen MR) is 95.1 cm³/mol. The van der Waals surface area contributed by atoms with Gasteiger partial charge in [-0.3, -0.25) is 0 Å². The van der Waals surface area contributed by atoms with E-state index in [9.17, 15) is 0 Å². The maximum absolute atomic E-state index is 5.95. The van der Waals surface area contributed by atoms with E-state index in [-0.39, 0.29) is 0 Å². The maximum Gasteiger partial charge on any atom is 0.256 e. The summed E-state index contributed by atoms with van der Waals surface area (Å²) in [4.78, 5) is 4.64. The number of hydrogen-bond acceptors (Lipinski definition) is 3. The van der Waals surface area contributed by atoms with Gasteiger partial charge >= 0.3 is 0 Å². The van der Waals surface area contributed by atoms with Gasteiger partial charge in [0.25, 0.3) is 5.22 Å². The van der Waals surface area contributed by atoms with Crippen LogP contribution in [-0.4, -0.2) is 10.7 Å². The molecule has 1 aromatic heterocycles. The third-order valence-electron chi connectivity index (χ3n) is 2.96. The van der Waals surface area contributed by atoms with Crippen molar-refractivity contribution in [3.05, 3.63) is 60.7 Å². The second-order valence-electron chi connectivity index (χ2n) is 4.32. The highest BCUT2D eigenvalue weighted by Crippen LogP contribution is 2.35. The van der Waals surface area contributed by atoms with Gasteiger partial charge in [0, 0.05) is 11.1 Å². The van der Waals surface area contributed by atoms with E-state index in [0.29, 0.717) is 0 Å². The van der Waals surface area contributed by atoms with E-state index < -0.39 is 0 Å². The summed E-state index contributed by atoms with van der Waals surface area (Å²) in [5, 5.41) is 0.727. The first-order valence-corrected chi connectivity index (χ1v) is 8.61. The van der Waals surface area contributed by atoms with E-state index >= 15 is 0 Å². The summed E-state index contributed by atoms with van der Waals surface area (Å²) < 4.78 is 5.95. The molecule has 2 aromatic carbocycles. The smallest absolute Gasteiger partial charge is 0.256 e. The lowest BCUT2D eigenvalue weighted by Gasteiger charge is -2.00. The highest BCUT2D eigenvalue weighted by molar-refractivity contribution is 7.99. The molecule has 0 saturated heterocycles. The number of rotatable bonds is 4. The molecule has 22 heavy (non-hydrogen) atoms. The van der Waals surface area contributed by atoms with Gasteiger partial charge in [0.15, 0.2) is 5.76 Å². The zero-order valence-corrected chi connectivity index (χ0v) is 14.1. The van der Waals surface area contributed by atoms with Crippen LogP contribution in [0.15, 0.2) is 70.3 Å². The number of aromatic nitrogens is 1. The van der Waals surface area contributed by atoms with E-state index in [4.69, 9.17) is 4.42 Å². The quantitative estimate of drug-likeness (QED) is 0.541. The van der Waals surface area contributed by atoms with Gasteiger partial charge in [0.2, 0.25) is 0 Å². The molecule has 3 aromatic rings. The van der Waals surface area contributed by atoms with Crippen LogP contribution in [0.1, 0.15) is 20.8 Å². The lowest BCUT2D eigenvalue weighted by Crippen LogP contribution is -1.81. The highest BCUT2D eigenvalue weighted by atomic mass is 32.2. The Labute approximate surface area is 136 Å². The van der Waals surface area contributed by atoms with Crippen molar-refractivity contribution in [3.8, 4) is 22.6 Å². The predicted octanol–water partition coefficient (Wildman–Crippen LogP) is 6.15. The number of benzene rings is 2. The SMILES string of the molecule is CC.CCSc1nc(-c2ccccc2)c(-c2ccccc2)o1. The van der Waals surface area contributed by atoms with Crippen molar-refractivity contribution in [2.75, 3.05) is 5.75 Å². The molecule has 0 fully saturated rings. The Balaban J connectivity index is 0.000000847. The van der Waals surface area contributed by atoms with Gasteiger partial charge in [-0.15, -0.1) is 0 Å². The molecule has 0 spiro atoms. The van der Waals surface area contributed by atoms with Crippen LogP contribution in [-0.2, 0) is 0 Å². The average Bonchev–Trinajstić information content (AvgIpc) is 3.03. The van der Waals surface area contributed by atoms with Crippen LogP contribution in [0.25, 0.3) is 22.6 Å². The third-order valence-corrected chi connectivity index (χ3v) is 3.67. The van der Waals surface area contributed by atoms with Crippen molar-refractivity contribution in [1.82, 2.24) is 4.98 Å². The summed E-state index contributed by atoms with van der Waals surface area (Å²) in [6, 6.07) is 20.3. The average molecular weight is 311 g/mol. The van der Waals surface area contributed by atoms with Gasteiger partial charge in [-0.05, 0) is 5.75 Å². The molecule has 0 amide bonds. The Bertz CT molecular complexity index is 620. The minimum absolute atomic E-state index is 0.727. The number of thioether (sulfide) groups is 1. The van der Waals surface area contributed by atoms with E-state index in [1.807, 2.05) is 62.4 Å². The van der Waals surface area contributed by atoms with Crippen molar-refractivity contribution >= 4 is 11.8 Å². The highest BCUT2D eigenvalue weighted by Gasteiger charge is 2.16. The molecule has 1 heterocycles. The topological polar surface area (TPSA) is 26.0 Å². The van der Waals surface area contributed by atoms with Gasteiger partial charge in [-0.1, -0.05) is 93.2 Å². The van der Waals surface area contributed by atoms with Crippen LogP contribution >= 0.6 is 11.8 Å². The fraction of sp³-hybridized carbons (Fsp3) is 0.211. The molecule has 3 rings (SSSR count). The lowest BCUT2D eigenvalue weighted by atomic mass is 10.1. The molecule has 114 valence electrons. The maximum atomic E-state index is 5.95. The molecular weight excluding hydrogens is 290 g/mol. The molecule has 0 radical (unpaired) electrons. The van der Waals surface area contributed by atoms with Gasteiger partial charge in [0.05, 0.1) is 0 Å². The summed E-state index contributed by atoms with van der Waals surface area (Å²) in [5.74, 6) is 1.79. The zero-order chi connectivity index (χ0) is 15.8. The van der Waals surface area contributed by atoms with Crippen molar-refractivity contribution in [3.63, 3.8) is 0 Å². The molecular formula is C19H21NOS. The van der Waals surface area contributed by atoms with Crippen molar-refractivity contribution in [2.24, 2.45) is 0 Å². The molecule has 0 aliphatic carbocycles. The summed E-state index contributed by atoms with van der Waals surface area (Å²) >= 11 is 1.62. The minimum Gasteiger partial charge on any atom is -0.431 e. The van der Waals surface area contributed by atoms with E-state index in [1.54, 1.807) is 11.8 Å². The fourth-order valence-corrected chi connectivity index (χ4v) is 2.61. The summed E-state index contributed by atoms with van der Waals surface area (Å²) in [6.45, 7) is 6.10. The zero-order valence-electron chi connectivity index (χ0n) is 13.2. The van der Waals surface area contributed by atoms with E-state index in [0.717, 1.165) is 33.6 Å². The lowest BCUT2D eigenvalue weighted by molar-refractivity contribution is 0.466.